The third-order valence-corrected chi connectivity index (χ3v) is 9.85. The first-order chi connectivity index (χ1) is 12.1. The number of benzene rings is 1. The average Bonchev–Trinajstić information content (AvgIpc) is 2.79. The lowest BCUT2D eigenvalue weighted by atomic mass is 9.70. The molecule has 0 N–H and O–H groups in total. The van der Waals surface area contributed by atoms with E-state index in [9.17, 15) is 0 Å². The third-order valence-electron chi connectivity index (χ3n) is 6.41. The summed E-state index contributed by atoms with van der Waals surface area (Å²) in [6, 6.07) is 12.3. The number of rotatable bonds is 9. The summed E-state index contributed by atoms with van der Waals surface area (Å²) in [5.74, 6) is 0.481. The van der Waals surface area contributed by atoms with Crippen molar-refractivity contribution in [3.63, 3.8) is 0 Å². The summed E-state index contributed by atoms with van der Waals surface area (Å²) in [5, 5.41) is 1.54. The van der Waals surface area contributed by atoms with Crippen LogP contribution >= 0.6 is 0 Å². The lowest BCUT2D eigenvalue weighted by Crippen LogP contribution is -2.44. The van der Waals surface area contributed by atoms with E-state index in [1.54, 1.807) is 0 Å². The van der Waals surface area contributed by atoms with Crippen LogP contribution in [0.5, 0.6) is 0 Å². The molecule has 146 valence electrons. The van der Waals surface area contributed by atoms with Crippen LogP contribution in [0, 0.1) is 0 Å². The predicted octanol–water partition coefficient (Wildman–Crippen LogP) is 6.03. The van der Waals surface area contributed by atoms with Gasteiger partial charge in [-0.2, -0.15) is 0 Å². The van der Waals surface area contributed by atoms with Gasteiger partial charge in [0.2, 0.25) is 0 Å². The molecule has 1 fully saturated rings. The largest absolute Gasteiger partial charge is 0.460 e. The van der Waals surface area contributed by atoms with Crippen LogP contribution in [-0.2, 0) is 9.31 Å². The maximum Gasteiger partial charge on any atom is 0.460 e. The minimum Gasteiger partial charge on any atom is -0.403 e. The molecule has 1 aliphatic heterocycles. The maximum atomic E-state index is 6.46. The third kappa shape index (κ3) is 5.24. The van der Waals surface area contributed by atoms with E-state index in [-0.39, 0.29) is 18.3 Å². The summed E-state index contributed by atoms with van der Waals surface area (Å²) < 4.78 is 12.9. The molecular formula is C22H39BO2Si. The van der Waals surface area contributed by atoms with Gasteiger partial charge in [0, 0.05) is 0 Å². The van der Waals surface area contributed by atoms with Crippen LogP contribution < -0.4 is 5.19 Å². The summed E-state index contributed by atoms with van der Waals surface area (Å²) >= 11 is 0. The molecule has 2 rings (SSSR count). The molecule has 1 aliphatic rings. The van der Waals surface area contributed by atoms with Crippen LogP contribution in [0.2, 0.25) is 25.0 Å². The van der Waals surface area contributed by atoms with E-state index in [2.05, 4.69) is 78.0 Å². The number of unbranched alkanes of at least 4 members (excludes halogenated alkanes) is 3. The fraction of sp³-hybridized carbons (Fsp3) is 0.727. The molecule has 4 heteroatoms. The second-order valence-corrected chi connectivity index (χ2v) is 14.4. The van der Waals surface area contributed by atoms with Crippen molar-refractivity contribution in [2.24, 2.45) is 0 Å². The van der Waals surface area contributed by atoms with Gasteiger partial charge in [-0.05, 0) is 33.5 Å². The van der Waals surface area contributed by atoms with E-state index in [0.717, 1.165) is 0 Å². The molecule has 1 heterocycles. The highest BCUT2D eigenvalue weighted by atomic mass is 28.3. The van der Waals surface area contributed by atoms with Gasteiger partial charge in [0.1, 0.15) is 0 Å². The Morgan fingerprint density at radius 1 is 0.923 bits per heavy atom. The SMILES string of the molecule is CCCCCCC(C[Si](C)(C)c1ccccc1)B1OC(C)(C)C(C)(C)O1. The molecule has 0 bridgehead atoms. The zero-order valence-corrected chi connectivity index (χ0v) is 19.1. The van der Waals surface area contributed by atoms with Crippen molar-refractivity contribution in [3.8, 4) is 0 Å². The van der Waals surface area contributed by atoms with Crippen molar-refractivity contribution in [1.29, 1.82) is 0 Å². The van der Waals surface area contributed by atoms with E-state index in [1.165, 1.54) is 43.3 Å². The second-order valence-electron chi connectivity index (χ2n) is 9.69. The molecule has 0 aliphatic carbocycles. The molecule has 0 saturated carbocycles. The molecule has 0 spiro atoms. The molecule has 1 unspecified atom stereocenters. The molecule has 1 aromatic rings. The van der Waals surface area contributed by atoms with Gasteiger partial charge in [0.05, 0.1) is 19.3 Å². The van der Waals surface area contributed by atoms with Crippen LogP contribution in [0.3, 0.4) is 0 Å². The van der Waals surface area contributed by atoms with Crippen LogP contribution in [0.1, 0.15) is 66.7 Å². The number of hydrogen-bond acceptors (Lipinski definition) is 2. The van der Waals surface area contributed by atoms with E-state index in [1.807, 2.05) is 0 Å². The highest BCUT2D eigenvalue weighted by Crippen LogP contribution is 2.43. The zero-order valence-electron chi connectivity index (χ0n) is 18.1. The van der Waals surface area contributed by atoms with Crippen LogP contribution in [0.4, 0.5) is 0 Å². The summed E-state index contributed by atoms with van der Waals surface area (Å²) in [4.78, 5) is 0. The van der Waals surface area contributed by atoms with E-state index in [0.29, 0.717) is 5.82 Å². The van der Waals surface area contributed by atoms with Crippen molar-refractivity contribution in [2.45, 2.75) is 103 Å². The van der Waals surface area contributed by atoms with Gasteiger partial charge in [0.15, 0.2) is 0 Å². The standard InChI is InChI=1S/C22H39BO2Si/c1-8-9-10-12-15-19(23-24-21(2,3)22(4,5)25-23)18-26(6,7)20-16-13-11-14-17-20/h11,13-14,16-17,19H,8-10,12,15,18H2,1-7H3. The van der Waals surface area contributed by atoms with Crippen molar-refractivity contribution >= 4 is 20.4 Å². The number of hydrogen-bond donors (Lipinski definition) is 0. The molecule has 0 amide bonds. The van der Waals surface area contributed by atoms with Gasteiger partial charge < -0.3 is 9.31 Å². The lowest BCUT2D eigenvalue weighted by Gasteiger charge is -2.32. The van der Waals surface area contributed by atoms with E-state index < -0.39 is 8.07 Å². The normalized spacial score (nSPS) is 20.3. The fourth-order valence-electron chi connectivity index (χ4n) is 3.91. The first kappa shape index (κ1) is 21.7. The van der Waals surface area contributed by atoms with Crippen molar-refractivity contribution in [3.05, 3.63) is 30.3 Å². The average molecular weight is 374 g/mol. The van der Waals surface area contributed by atoms with Gasteiger partial charge in [-0.15, -0.1) is 0 Å². The van der Waals surface area contributed by atoms with Crippen molar-refractivity contribution < 1.29 is 9.31 Å². The summed E-state index contributed by atoms with van der Waals surface area (Å²) in [6.07, 6.45) is 6.42. The quantitative estimate of drug-likeness (QED) is 0.388. The molecule has 26 heavy (non-hydrogen) atoms. The van der Waals surface area contributed by atoms with Crippen molar-refractivity contribution in [2.75, 3.05) is 0 Å². The Hall–Kier alpha value is -0.578. The van der Waals surface area contributed by atoms with E-state index in [4.69, 9.17) is 9.31 Å². The molecule has 0 radical (unpaired) electrons. The van der Waals surface area contributed by atoms with Crippen molar-refractivity contribution in [1.82, 2.24) is 0 Å². The highest BCUT2D eigenvalue weighted by Gasteiger charge is 2.54. The van der Waals surface area contributed by atoms with Crippen LogP contribution in [0.25, 0.3) is 0 Å². The molecule has 1 aromatic carbocycles. The smallest absolute Gasteiger partial charge is 0.403 e. The van der Waals surface area contributed by atoms with E-state index >= 15 is 0 Å². The van der Waals surface area contributed by atoms with Crippen LogP contribution in [-0.4, -0.2) is 26.4 Å². The summed E-state index contributed by atoms with van der Waals surface area (Å²) in [5.41, 5.74) is -0.477. The van der Waals surface area contributed by atoms with Crippen LogP contribution in [0.15, 0.2) is 30.3 Å². The van der Waals surface area contributed by atoms with Gasteiger partial charge >= 0.3 is 7.12 Å². The Morgan fingerprint density at radius 2 is 1.50 bits per heavy atom. The van der Waals surface area contributed by atoms with Gasteiger partial charge in [-0.25, -0.2) is 0 Å². The molecule has 1 saturated heterocycles. The Labute approximate surface area is 163 Å². The molecule has 1 atom stereocenters. The maximum absolute atomic E-state index is 6.46. The summed E-state index contributed by atoms with van der Waals surface area (Å²) in [6.45, 7) is 15.9. The Balaban J connectivity index is 2.14. The first-order valence-electron chi connectivity index (χ1n) is 10.5. The summed E-state index contributed by atoms with van der Waals surface area (Å²) in [7, 11) is -1.60. The predicted molar refractivity (Wildman–Crippen MR) is 117 cm³/mol. The Bertz CT molecular complexity index is 541. The topological polar surface area (TPSA) is 18.5 Å². The minimum absolute atomic E-state index is 0.0721. The zero-order chi connectivity index (χ0) is 19.4. The monoisotopic (exact) mass is 374 g/mol. The first-order valence-corrected chi connectivity index (χ1v) is 13.7. The Kier molecular flexibility index (Phi) is 7.20. The van der Waals surface area contributed by atoms with Gasteiger partial charge in [0.25, 0.3) is 0 Å². The molecular weight excluding hydrogens is 335 g/mol. The van der Waals surface area contributed by atoms with Gasteiger partial charge in [-0.1, -0.05) is 93.7 Å². The minimum atomic E-state index is -1.53. The highest BCUT2D eigenvalue weighted by molar-refractivity contribution is 6.90. The lowest BCUT2D eigenvalue weighted by molar-refractivity contribution is 0.00578. The fourth-order valence-corrected chi connectivity index (χ4v) is 6.95. The molecule has 0 aromatic heterocycles. The van der Waals surface area contributed by atoms with Gasteiger partial charge in [-0.3, -0.25) is 0 Å². The second kappa shape index (κ2) is 8.62. The molecule has 2 nitrogen and oxygen atoms in total. The Morgan fingerprint density at radius 3 is 2.04 bits per heavy atom.